The van der Waals surface area contributed by atoms with E-state index in [2.05, 4.69) is 172 Å². The first-order valence-electron chi connectivity index (χ1n) is 41.6. The molecule has 0 saturated carbocycles. The lowest BCUT2D eigenvalue weighted by molar-refractivity contribution is -0.870. The maximum Gasteiger partial charge on any atom is 0.306 e. The highest BCUT2D eigenvalue weighted by atomic mass is 16.7. The van der Waals surface area contributed by atoms with Gasteiger partial charge in [-0.3, -0.25) is 9.59 Å². The number of carbonyl (C=O) groups excluding carboxylic acids is 3. The number of carbonyl (C=O) groups is 3. The van der Waals surface area contributed by atoms with E-state index >= 15 is 0 Å². The van der Waals surface area contributed by atoms with Crippen LogP contribution in [0.15, 0.2) is 158 Å². The van der Waals surface area contributed by atoms with E-state index < -0.39 is 24.3 Å². The SMILES string of the molecule is CC/C=C\C/C=C\C/C=C\C/C=C\C/C=C\C/C=C\C/C=C\CCCCCCCCCCCCCCCC(=O)OC(COC(=O)CCCCCCCCCCCCCCCCCCCCCCCC/C=C\C/C=C\C/C=C\C/C=C\C/C=C\C/C=C\CC)COC(OCC[N+](C)(C)C)C(=O)[O-]. The van der Waals surface area contributed by atoms with Crippen molar-refractivity contribution in [1.29, 1.82) is 0 Å². The lowest BCUT2D eigenvalue weighted by Crippen LogP contribution is -2.44. The Morgan fingerprint density at radius 2 is 0.535 bits per heavy atom. The standard InChI is InChI=1S/C92H155NO8/c1-6-8-10-12-14-16-18-20-22-24-26-28-30-32-34-36-38-40-42-43-44-45-46-47-49-50-52-54-56-58-60-62-64-66-68-70-72-74-76-78-80-82-89(94)99-86-88(87-100-92(91(96)97)98-85-84-93(3,4)5)101-90(95)83-81-79-77-75-73-71-69-67-65-63-61-59-57-55-53-51-48-41-39-37-35-33-31-29-27-25-23-21-19-17-15-13-11-9-7-2/h8-11,14-17,20-23,26-29,32-35,38-41,51,53,88,92H,6-7,12-13,18-19,24-25,30-31,36-37,42-50,52,54-87H2,1-5H3/b10-8-,11-9-,16-14-,17-15-,22-20-,23-21-,28-26-,29-27-,34-32-,35-33-,40-38-,41-39-,53-51-. The number of quaternary nitrogens is 1. The number of ether oxygens (including phenoxy) is 4. The van der Waals surface area contributed by atoms with Crippen molar-refractivity contribution in [2.75, 3.05) is 47.5 Å². The van der Waals surface area contributed by atoms with Crippen molar-refractivity contribution < 1.29 is 42.9 Å². The summed E-state index contributed by atoms with van der Waals surface area (Å²) in [5.74, 6) is -2.28. The molecule has 0 aliphatic heterocycles. The summed E-state index contributed by atoms with van der Waals surface area (Å²) in [6, 6.07) is 0. The minimum atomic E-state index is -1.63. The fourth-order valence-electron chi connectivity index (χ4n) is 11.5. The summed E-state index contributed by atoms with van der Waals surface area (Å²) in [7, 11) is 5.94. The third-order valence-corrected chi connectivity index (χ3v) is 17.8. The highest BCUT2D eigenvalue weighted by Crippen LogP contribution is 2.19. The molecule has 9 nitrogen and oxygen atoms in total. The smallest absolute Gasteiger partial charge is 0.306 e. The van der Waals surface area contributed by atoms with E-state index in [4.69, 9.17) is 18.9 Å². The normalized spacial score (nSPS) is 13.5. The van der Waals surface area contributed by atoms with Crippen molar-refractivity contribution >= 4 is 17.9 Å². The molecule has 576 valence electrons. The number of unbranched alkanes of at least 4 members (excludes halogenated alkanes) is 35. The van der Waals surface area contributed by atoms with Gasteiger partial charge in [-0.2, -0.15) is 0 Å². The van der Waals surface area contributed by atoms with Crippen LogP contribution in [0.3, 0.4) is 0 Å². The summed E-state index contributed by atoms with van der Waals surface area (Å²) in [6.45, 7) is 4.54. The zero-order valence-electron chi connectivity index (χ0n) is 66.0. The molecule has 0 aromatic rings. The van der Waals surface area contributed by atoms with E-state index in [1.807, 2.05) is 21.1 Å². The molecule has 0 heterocycles. The summed E-state index contributed by atoms with van der Waals surface area (Å²) >= 11 is 0. The zero-order valence-corrected chi connectivity index (χ0v) is 66.0. The van der Waals surface area contributed by atoms with Crippen LogP contribution < -0.4 is 5.11 Å². The predicted molar refractivity (Wildman–Crippen MR) is 435 cm³/mol. The van der Waals surface area contributed by atoms with Gasteiger partial charge in [0.1, 0.15) is 13.2 Å². The maximum absolute atomic E-state index is 13.0. The third kappa shape index (κ3) is 82.1. The first kappa shape index (κ1) is 95.9. The minimum Gasteiger partial charge on any atom is -0.545 e. The molecule has 0 aliphatic rings. The molecule has 0 radical (unpaired) electrons. The lowest BCUT2D eigenvalue weighted by atomic mass is 10.0. The second kappa shape index (κ2) is 80.6. The van der Waals surface area contributed by atoms with E-state index in [9.17, 15) is 19.5 Å². The number of nitrogens with zero attached hydrogens (tertiary/aromatic N) is 1. The first-order valence-corrected chi connectivity index (χ1v) is 41.6. The summed E-state index contributed by atoms with van der Waals surface area (Å²) in [5.41, 5.74) is 0. The largest absolute Gasteiger partial charge is 0.545 e. The fourth-order valence-corrected chi connectivity index (χ4v) is 11.5. The number of aliphatic carboxylic acids is 1. The average Bonchev–Trinajstić information content (AvgIpc) is 1.25. The molecular formula is C92H155NO8. The van der Waals surface area contributed by atoms with Gasteiger partial charge in [0.05, 0.1) is 40.3 Å². The van der Waals surface area contributed by atoms with Crippen LogP contribution in [0, 0.1) is 0 Å². The monoisotopic (exact) mass is 1400 g/mol. The van der Waals surface area contributed by atoms with Crippen molar-refractivity contribution in [1.82, 2.24) is 0 Å². The Labute approximate surface area is 623 Å². The molecule has 9 heteroatoms. The van der Waals surface area contributed by atoms with Crippen molar-refractivity contribution in [3.63, 3.8) is 0 Å². The molecule has 0 spiro atoms. The Hall–Kier alpha value is -5.09. The van der Waals surface area contributed by atoms with E-state index in [1.54, 1.807) is 0 Å². The zero-order chi connectivity index (χ0) is 73.2. The molecule has 0 rings (SSSR count). The number of hydrogen-bond donors (Lipinski definition) is 0. The Morgan fingerprint density at radius 3 is 0.792 bits per heavy atom. The molecule has 0 aromatic heterocycles. The van der Waals surface area contributed by atoms with E-state index in [1.165, 1.54) is 193 Å². The van der Waals surface area contributed by atoms with Crippen LogP contribution in [-0.4, -0.2) is 82.3 Å². The molecule has 0 fully saturated rings. The summed E-state index contributed by atoms with van der Waals surface area (Å²) in [5, 5.41) is 11.9. The van der Waals surface area contributed by atoms with Gasteiger partial charge < -0.3 is 33.3 Å². The van der Waals surface area contributed by atoms with E-state index in [-0.39, 0.29) is 38.6 Å². The summed E-state index contributed by atoms with van der Waals surface area (Å²) in [6.07, 6.45) is 117. The van der Waals surface area contributed by atoms with Crippen molar-refractivity contribution in [2.24, 2.45) is 0 Å². The minimum absolute atomic E-state index is 0.143. The number of hydrogen-bond acceptors (Lipinski definition) is 8. The number of allylic oxidation sites excluding steroid dienone is 26. The van der Waals surface area contributed by atoms with Gasteiger partial charge in [-0.1, -0.05) is 371 Å². The van der Waals surface area contributed by atoms with Crippen LogP contribution in [0.4, 0.5) is 0 Å². The lowest BCUT2D eigenvalue weighted by Gasteiger charge is -2.26. The maximum atomic E-state index is 13.0. The Bertz CT molecular complexity index is 2230. The van der Waals surface area contributed by atoms with Gasteiger partial charge in [0, 0.05) is 12.8 Å². The first-order chi connectivity index (χ1) is 49.6. The number of likely N-dealkylation sites (N-methyl/N-ethyl adjacent to an activating group) is 1. The topological polar surface area (TPSA) is 111 Å². The van der Waals surface area contributed by atoms with Crippen LogP contribution in [0.25, 0.3) is 0 Å². The van der Waals surface area contributed by atoms with Gasteiger partial charge in [-0.25, -0.2) is 0 Å². The van der Waals surface area contributed by atoms with E-state index in [0.717, 1.165) is 122 Å². The summed E-state index contributed by atoms with van der Waals surface area (Å²) in [4.78, 5) is 37.7. The molecule has 0 bridgehead atoms. The van der Waals surface area contributed by atoms with Crippen molar-refractivity contribution in [3.05, 3.63) is 158 Å². The molecule has 101 heavy (non-hydrogen) atoms. The number of rotatable bonds is 76. The number of carboxylic acid groups (broad SMARTS) is 1. The van der Waals surface area contributed by atoms with E-state index in [0.29, 0.717) is 17.4 Å². The second-order valence-corrected chi connectivity index (χ2v) is 28.7. The summed E-state index contributed by atoms with van der Waals surface area (Å²) < 4.78 is 22.9. The van der Waals surface area contributed by atoms with Crippen LogP contribution in [0.1, 0.15) is 348 Å². The third-order valence-electron chi connectivity index (χ3n) is 17.8. The molecule has 0 aliphatic carbocycles. The molecule has 0 aromatic carbocycles. The van der Waals surface area contributed by atoms with Crippen molar-refractivity contribution in [3.8, 4) is 0 Å². The van der Waals surface area contributed by atoms with Crippen LogP contribution in [0.5, 0.6) is 0 Å². The van der Waals surface area contributed by atoms with Gasteiger partial charge in [-0.05, 0) is 122 Å². The number of esters is 2. The van der Waals surface area contributed by atoms with Gasteiger partial charge in [0.15, 0.2) is 12.4 Å². The van der Waals surface area contributed by atoms with Crippen molar-refractivity contribution in [2.45, 2.75) is 360 Å². The average molecular weight is 1400 g/mol. The second-order valence-electron chi connectivity index (χ2n) is 28.7. The molecule has 0 saturated heterocycles. The Kier molecular flexibility index (Phi) is 76.5. The molecular weight excluding hydrogens is 1250 g/mol. The fraction of sp³-hybridized carbons (Fsp3) is 0.685. The van der Waals surface area contributed by atoms with Crippen LogP contribution in [-0.2, 0) is 33.3 Å². The van der Waals surface area contributed by atoms with Crippen LogP contribution >= 0.6 is 0 Å². The predicted octanol–water partition coefficient (Wildman–Crippen LogP) is 25.8. The quantitative estimate of drug-likeness (QED) is 0.0195. The van der Waals surface area contributed by atoms with Gasteiger partial charge in [0.2, 0.25) is 0 Å². The Morgan fingerprint density at radius 1 is 0.297 bits per heavy atom. The highest BCUT2D eigenvalue weighted by Gasteiger charge is 2.22. The highest BCUT2D eigenvalue weighted by molar-refractivity contribution is 5.70. The van der Waals surface area contributed by atoms with Gasteiger partial charge >= 0.3 is 11.9 Å². The molecule has 0 amide bonds. The molecule has 0 N–H and O–H groups in total. The Balaban J connectivity index is 4.01. The van der Waals surface area contributed by atoms with Gasteiger partial charge in [0.25, 0.3) is 0 Å². The van der Waals surface area contributed by atoms with Gasteiger partial charge in [-0.15, -0.1) is 0 Å². The number of carboxylic acids is 1. The molecule has 2 atom stereocenters. The van der Waals surface area contributed by atoms with Crippen LogP contribution in [0.2, 0.25) is 0 Å². The molecule has 2 unspecified atom stereocenters.